The fraction of sp³-hybridized carbons (Fsp3) is 0.385. The molecule has 2 atom stereocenters. The molecule has 2 aromatic carbocycles. The van der Waals surface area contributed by atoms with Crippen LogP contribution in [0.2, 0.25) is 0 Å². The number of benzene rings is 2. The van der Waals surface area contributed by atoms with E-state index in [0.717, 1.165) is 31.2 Å². The topological polar surface area (TPSA) is 9.23 Å². The average Bonchev–Trinajstić information content (AvgIpc) is 2.77. The quantitative estimate of drug-likeness (QED) is 0.513. The third kappa shape index (κ3) is 4.48. The molecule has 0 saturated heterocycles. The Morgan fingerprint density at radius 1 is 0.900 bits per heavy atom. The minimum Gasteiger partial charge on any atom is -0.493 e. The van der Waals surface area contributed by atoms with Crippen LogP contribution in [0.1, 0.15) is 36.8 Å². The third-order valence-corrected chi connectivity index (χ3v) is 6.38. The molecule has 2 aromatic rings. The number of allylic oxidation sites excluding steroid dienone is 4. The monoisotopic (exact) mass is 412 g/mol. The maximum Gasteiger partial charge on any atom is 0.161 e. The van der Waals surface area contributed by atoms with Gasteiger partial charge in [0.15, 0.2) is 12.3 Å². The molecular formula is C26H27F3O. The molecule has 0 radical (unpaired) electrons. The number of alkyl halides is 2. The number of hydrogen-bond acceptors (Lipinski definition) is 1. The first kappa shape index (κ1) is 20.8. The van der Waals surface area contributed by atoms with Gasteiger partial charge in [0.1, 0.15) is 11.6 Å². The molecule has 2 aliphatic carbocycles. The highest BCUT2D eigenvalue weighted by Gasteiger charge is 2.36. The standard InChI is InChI=1S/C26H27F3O/c1-17-7-12-21(15-24(17)27)30-16-18-8-10-20(11-9-18)23-14-13-22(25(28)26(23)29)19-5-3-2-4-6-19/h2-7,12-15,18,20,25-26H,8-11,16H2,1H3. The molecule has 1 saturated carbocycles. The minimum atomic E-state index is -1.62. The van der Waals surface area contributed by atoms with E-state index < -0.39 is 12.3 Å². The van der Waals surface area contributed by atoms with Crippen LogP contribution in [-0.4, -0.2) is 19.0 Å². The van der Waals surface area contributed by atoms with Crippen molar-refractivity contribution in [3.05, 3.63) is 83.2 Å². The van der Waals surface area contributed by atoms with Crippen molar-refractivity contribution in [1.29, 1.82) is 0 Å². The zero-order valence-electron chi connectivity index (χ0n) is 17.2. The van der Waals surface area contributed by atoms with Crippen molar-refractivity contribution in [2.45, 2.75) is 45.0 Å². The highest BCUT2D eigenvalue weighted by molar-refractivity contribution is 5.73. The highest BCUT2D eigenvalue weighted by Crippen LogP contribution is 2.41. The van der Waals surface area contributed by atoms with Crippen molar-refractivity contribution < 1.29 is 17.9 Å². The molecule has 2 unspecified atom stereocenters. The minimum absolute atomic E-state index is 0.0693. The van der Waals surface area contributed by atoms with Crippen LogP contribution in [0, 0.1) is 24.6 Å². The summed E-state index contributed by atoms with van der Waals surface area (Å²) in [4.78, 5) is 0. The van der Waals surface area contributed by atoms with E-state index in [1.54, 1.807) is 31.2 Å². The first-order valence-electron chi connectivity index (χ1n) is 10.7. The van der Waals surface area contributed by atoms with Crippen LogP contribution in [0.5, 0.6) is 5.75 Å². The summed E-state index contributed by atoms with van der Waals surface area (Å²) in [5.41, 5.74) is 2.33. The molecule has 1 nitrogen and oxygen atoms in total. The molecule has 158 valence electrons. The molecule has 0 amide bonds. The lowest BCUT2D eigenvalue weighted by molar-refractivity contribution is 0.173. The van der Waals surface area contributed by atoms with E-state index in [0.29, 0.717) is 35.0 Å². The van der Waals surface area contributed by atoms with Gasteiger partial charge in [-0.3, -0.25) is 0 Å². The second-order valence-electron chi connectivity index (χ2n) is 8.40. The number of hydrogen-bond donors (Lipinski definition) is 0. The summed E-state index contributed by atoms with van der Waals surface area (Å²) < 4.78 is 49.2. The number of aryl methyl sites for hydroxylation is 1. The number of halogens is 3. The molecule has 0 aliphatic heterocycles. The molecule has 4 heteroatoms. The van der Waals surface area contributed by atoms with E-state index >= 15 is 0 Å². The van der Waals surface area contributed by atoms with Crippen molar-refractivity contribution in [3.63, 3.8) is 0 Å². The Labute approximate surface area is 176 Å². The summed E-state index contributed by atoms with van der Waals surface area (Å²) >= 11 is 0. The van der Waals surface area contributed by atoms with Crippen LogP contribution in [0.4, 0.5) is 13.2 Å². The van der Waals surface area contributed by atoms with Gasteiger partial charge >= 0.3 is 0 Å². The van der Waals surface area contributed by atoms with Crippen molar-refractivity contribution in [1.82, 2.24) is 0 Å². The Bertz CT molecular complexity index is 927. The summed E-state index contributed by atoms with van der Waals surface area (Å²) in [6, 6.07) is 14.1. The lowest BCUT2D eigenvalue weighted by Gasteiger charge is -2.33. The maximum atomic E-state index is 15.0. The van der Waals surface area contributed by atoms with Crippen molar-refractivity contribution >= 4 is 5.57 Å². The van der Waals surface area contributed by atoms with Crippen molar-refractivity contribution in [3.8, 4) is 5.75 Å². The molecule has 0 N–H and O–H groups in total. The predicted molar refractivity (Wildman–Crippen MR) is 114 cm³/mol. The lowest BCUT2D eigenvalue weighted by atomic mass is 9.75. The normalized spacial score (nSPS) is 26.7. The second kappa shape index (κ2) is 9.11. The van der Waals surface area contributed by atoms with E-state index in [4.69, 9.17) is 4.74 Å². The van der Waals surface area contributed by atoms with Gasteiger partial charge in [-0.25, -0.2) is 13.2 Å². The Morgan fingerprint density at radius 3 is 2.33 bits per heavy atom. The van der Waals surface area contributed by atoms with Crippen molar-refractivity contribution in [2.24, 2.45) is 11.8 Å². The van der Waals surface area contributed by atoms with Crippen LogP contribution in [0.25, 0.3) is 5.57 Å². The van der Waals surface area contributed by atoms with Gasteiger partial charge in [-0.1, -0.05) is 48.6 Å². The van der Waals surface area contributed by atoms with Crippen molar-refractivity contribution in [2.75, 3.05) is 6.61 Å². The molecule has 4 rings (SSSR count). The summed E-state index contributed by atoms with van der Waals surface area (Å²) in [7, 11) is 0. The van der Waals surface area contributed by atoms with Crippen LogP contribution in [0.3, 0.4) is 0 Å². The summed E-state index contributed by atoms with van der Waals surface area (Å²) in [5.74, 6) is 0.695. The van der Waals surface area contributed by atoms with Crippen LogP contribution >= 0.6 is 0 Å². The van der Waals surface area contributed by atoms with Gasteiger partial charge in [-0.2, -0.15) is 0 Å². The van der Waals surface area contributed by atoms with Gasteiger partial charge in [0, 0.05) is 6.07 Å². The largest absolute Gasteiger partial charge is 0.493 e. The van der Waals surface area contributed by atoms with E-state index in [9.17, 15) is 13.2 Å². The molecule has 2 aliphatic rings. The molecule has 0 aromatic heterocycles. The fourth-order valence-corrected chi connectivity index (χ4v) is 4.48. The fourth-order valence-electron chi connectivity index (χ4n) is 4.48. The summed E-state index contributed by atoms with van der Waals surface area (Å²) in [6.07, 6.45) is 3.77. The zero-order chi connectivity index (χ0) is 21.1. The Kier molecular flexibility index (Phi) is 6.31. The third-order valence-electron chi connectivity index (χ3n) is 6.38. The SMILES string of the molecule is Cc1ccc(OCC2CCC(C3=CC=C(c4ccccc4)C(F)C3F)CC2)cc1F. The van der Waals surface area contributed by atoms with Crippen LogP contribution in [-0.2, 0) is 0 Å². The second-order valence-corrected chi connectivity index (χ2v) is 8.40. The maximum absolute atomic E-state index is 15.0. The van der Waals surface area contributed by atoms with E-state index in [1.165, 1.54) is 6.07 Å². The van der Waals surface area contributed by atoms with Gasteiger partial charge < -0.3 is 4.74 Å². The average molecular weight is 412 g/mol. The van der Waals surface area contributed by atoms with Gasteiger partial charge in [0.05, 0.1) is 6.61 Å². The smallest absolute Gasteiger partial charge is 0.161 e. The lowest BCUT2D eigenvalue weighted by Crippen LogP contribution is -2.30. The highest BCUT2D eigenvalue weighted by atomic mass is 19.2. The van der Waals surface area contributed by atoms with Gasteiger partial charge in [-0.15, -0.1) is 0 Å². The summed E-state index contributed by atoms with van der Waals surface area (Å²) in [6.45, 7) is 2.25. The number of rotatable bonds is 5. The molecule has 0 spiro atoms. The van der Waals surface area contributed by atoms with E-state index in [1.807, 2.05) is 30.3 Å². The summed E-state index contributed by atoms with van der Waals surface area (Å²) in [5, 5.41) is 0. The molecule has 0 bridgehead atoms. The van der Waals surface area contributed by atoms with Crippen LogP contribution < -0.4 is 4.74 Å². The first-order chi connectivity index (χ1) is 14.5. The number of ether oxygens (including phenoxy) is 1. The Hall–Kier alpha value is -2.49. The van der Waals surface area contributed by atoms with Gasteiger partial charge in [-0.05, 0) is 72.8 Å². The van der Waals surface area contributed by atoms with E-state index in [2.05, 4.69) is 0 Å². The van der Waals surface area contributed by atoms with Gasteiger partial charge in [0.2, 0.25) is 0 Å². The molecule has 1 fully saturated rings. The molecule has 0 heterocycles. The Balaban J connectivity index is 1.35. The Morgan fingerprint density at radius 2 is 1.63 bits per heavy atom. The van der Waals surface area contributed by atoms with Gasteiger partial charge in [0.25, 0.3) is 0 Å². The molecule has 30 heavy (non-hydrogen) atoms. The van der Waals surface area contributed by atoms with Crippen LogP contribution in [0.15, 0.2) is 66.3 Å². The first-order valence-corrected chi connectivity index (χ1v) is 10.7. The van der Waals surface area contributed by atoms with E-state index in [-0.39, 0.29) is 11.7 Å². The predicted octanol–water partition coefficient (Wildman–Crippen LogP) is 7.02. The molecular weight excluding hydrogens is 385 g/mol. The zero-order valence-corrected chi connectivity index (χ0v) is 17.2.